The lowest BCUT2D eigenvalue weighted by Gasteiger charge is -2.21. The van der Waals surface area contributed by atoms with E-state index >= 15 is 0 Å². The van der Waals surface area contributed by atoms with E-state index in [9.17, 15) is 4.79 Å². The molecule has 0 aromatic heterocycles. The summed E-state index contributed by atoms with van der Waals surface area (Å²) in [6, 6.07) is 23.2. The second kappa shape index (κ2) is 7.39. The van der Waals surface area contributed by atoms with Crippen molar-refractivity contribution in [1.82, 2.24) is 0 Å². The summed E-state index contributed by atoms with van der Waals surface area (Å²) in [6.07, 6.45) is 0. The van der Waals surface area contributed by atoms with Crippen LogP contribution in [0.25, 0.3) is 11.3 Å². The summed E-state index contributed by atoms with van der Waals surface area (Å²) in [5, 5.41) is 6.97. The molecular weight excluding hydrogens is 382 g/mol. The van der Waals surface area contributed by atoms with Gasteiger partial charge in [-0.1, -0.05) is 60.1 Å². The van der Waals surface area contributed by atoms with Crippen molar-refractivity contribution in [2.75, 3.05) is 10.6 Å². The molecule has 0 bridgehead atoms. The largest absolute Gasteiger partial charge is 0.354 e. The Morgan fingerprint density at radius 2 is 1.76 bits per heavy atom. The lowest BCUT2D eigenvalue weighted by Crippen LogP contribution is -2.28. The van der Waals surface area contributed by atoms with Gasteiger partial charge in [-0.25, -0.2) is 0 Å². The van der Waals surface area contributed by atoms with Gasteiger partial charge in [-0.3, -0.25) is 4.79 Å². The maximum atomic E-state index is 12.9. The molecule has 29 heavy (non-hydrogen) atoms. The monoisotopic (exact) mass is 403 g/mol. The third-order valence-electron chi connectivity index (χ3n) is 4.91. The summed E-state index contributed by atoms with van der Waals surface area (Å²) < 4.78 is 0. The minimum absolute atomic E-state index is 0.163. The molecule has 146 valence electrons. The van der Waals surface area contributed by atoms with Crippen LogP contribution in [0.2, 0.25) is 5.02 Å². The van der Waals surface area contributed by atoms with E-state index in [1.807, 2.05) is 74.5 Å². The molecular formula is C24H22ClN3O. The molecule has 1 heterocycles. The van der Waals surface area contributed by atoms with Gasteiger partial charge in [0.05, 0.1) is 17.0 Å². The SMILES string of the molecule is CC(C)(N)c1cccc(N/C(=C2\C(=O)Nc3cc(Cl)ccc32)c2ccccc2)c1. The van der Waals surface area contributed by atoms with E-state index in [4.69, 9.17) is 17.3 Å². The Morgan fingerprint density at radius 3 is 2.48 bits per heavy atom. The molecule has 1 aliphatic rings. The van der Waals surface area contributed by atoms with Crippen molar-refractivity contribution in [2.45, 2.75) is 19.4 Å². The zero-order chi connectivity index (χ0) is 20.6. The molecule has 0 saturated carbocycles. The van der Waals surface area contributed by atoms with Crippen LogP contribution >= 0.6 is 11.6 Å². The number of nitrogens with one attached hydrogen (secondary N) is 2. The number of carbonyl (C=O) groups is 1. The molecule has 0 saturated heterocycles. The van der Waals surface area contributed by atoms with Gasteiger partial charge < -0.3 is 16.4 Å². The summed E-state index contributed by atoms with van der Waals surface area (Å²) in [5.41, 5.74) is 11.4. The van der Waals surface area contributed by atoms with Crippen LogP contribution in [0.3, 0.4) is 0 Å². The molecule has 5 heteroatoms. The van der Waals surface area contributed by atoms with Gasteiger partial charge in [0, 0.05) is 21.8 Å². The fourth-order valence-electron chi connectivity index (χ4n) is 3.42. The molecule has 3 aromatic rings. The minimum atomic E-state index is -0.466. The summed E-state index contributed by atoms with van der Waals surface area (Å²) in [4.78, 5) is 12.9. The van der Waals surface area contributed by atoms with Crippen molar-refractivity contribution in [2.24, 2.45) is 5.73 Å². The lowest BCUT2D eigenvalue weighted by molar-refractivity contribution is -0.110. The van der Waals surface area contributed by atoms with Gasteiger partial charge in [0.1, 0.15) is 0 Å². The summed E-state index contributed by atoms with van der Waals surface area (Å²) in [6.45, 7) is 3.93. The molecule has 4 N–H and O–H groups in total. The molecule has 4 nitrogen and oxygen atoms in total. The van der Waals surface area contributed by atoms with E-state index in [1.54, 1.807) is 12.1 Å². The Labute approximate surface area is 175 Å². The van der Waals surface area contributed by atoms with Crippen LogP contribution in [0.5, 0.6) is 0 Å². The maximum absolute atomic E-state index is 12.9. The topological polar surface area (TPSA) is 67.1 Å². The quantitative estimate of drug-likeness (QED) is 0.506. The molecule has 0 atom stereocenters. The van der Waals surface area contributed by atoms with Crippen molar-refractivity contribution in [3.05, 3.63) is 94.5 Å². The predicted molar refractivity (Wildman–Crippen MR) is 121 cm³/mol. The van der Waals surface area contributed by atoms with Crippen LogP contribution in [0, 0.1) is 0 Å². The number of nitrogens with two attached hydrogens (primary N) is 1. The lowest BCUT2D eigenvalue weighted by atomic mass is 9.95. The fourth-order valence-corrected chi connectivity index (χ4v) is 3.59. The molecule has 0 spiro atoms. The van der Waals surface area contributed by atoms with Crippen molar-refractivity contribution in [1.29, 1.82) is 0 Å². The van der Waals surface area contributed by atoms with E-state index < -0.39 is 5.54 Å². The molecule has 0 radical (unpaired) electrons. The van der Waals surface area contributed by atoms with Crippen molar-refractivity contribution in [3.63, 3.8) is 0 Å². The zero-order valence-electron chi connectivity index (χ0n) is 16.3. The van der Waals surface area contributed by atoms with E-state index in [1.165, 1.54) is 0 Å². The fraction of sp³-hybridized carbons (Fsp3) is 0.125. The number of anilines is 2. The third-order valence-corrected chi connectivity index (χ3v) is 5.15. The molecule has 1 aliphatic heterocycles. The second-order valence-corrected chi connectivity index (χ2v) is 8.12. The first kappa shape index (κ1) is 19.2. The Kier molecular flexibility index (Phi) is 4.91. The standard InChI is InChI=1S/C24H22ClN3O/c1-24(2,26)16-9-6-10-18(13-16)27-22(15-7-4-3-5-8-15)21-19-12-11-17(25)14-20(19)28-23(21)29/h3-14,27H,26H2,1-2H3,(H,28,29)/b22-21-. The Balaban J connectivity index is 1.87. The molecule has 1 amide bonds. The number of fused-ring (bicyclic) bond motifs is 1. The number of hydrogen-bond donors (Lipinski definition) is 3. The highest BCUT2D eigenvalue weighted by Crippen LogP contribution is 2.38. The van der Waals surface area contributed by atoms with Gasteiger partial charge in [-0.05, 0) is 49.2 Å². The molecule has 0 fully saturated rings. The van der Waals surface area contributed by atoms with Crippen LogP contribution in [-0.2, 0) is 10.3 Å². The maximum Gasteiger partial charge on any atom is 0.258 e. The van der Waals surface area contributed by atoms with Gasteiger partial charge >= 0.3 is 0 Å². The van der Waals surface area contributed by atoms with E-state index in [2.05, 4.69) is 10.6 Å². The van der Waals surface area contributed by atoms with Gasteiger partial charge in [-0.2, -0.15) is 0 Å². The first-order valence-corrected chi connectivity index (χ1v) is 9.78. The highest BCUT2D eigenvalue weighted by atomic mass is 35.5. The van der Waals surface area contributed by atoms with Crippen LogP contribution in [0.1, 0.15) is 30.5 Å². The van der Waals surface area contributed by atoms with Crippen LogP contribution in [0.15, 0.2) is 72.8 Å². The Bertz CT molecular complexity index is 1110. The second-order valence-electron chi connectivity index (χ2n) is 7.69. The average molecular weight is 404 g/mol. The highest BCUT2D eigenvalue weighted by molar-refractivity contribution is 6.38. The smallest absolute Gasteiger partial charge is 0.258 e. The van der Waals surface area contributed by atoms with Crippen molar-refractivity contribution >= 4 is 40.2 Å². The summed E-state index contributed by atoms with van der Waals surface area (Å²) >= 11 is 6.11. The van der Waals surface area contributed by atoms with Gasteiger partial charge in [-0.15, -0.1) is 0 Å². The zero-order valence-corrected chi connectivity index (χ0v) is 17.0. The highest BCUT2D eigenvalue weighted by Gasteiger charge is 2.28. The van der Waals surface area contributed by atoms with Gasteiger partial charge in [0.2, 0.25) is 0 Å². The Hall–Kier alpha value is -3.08. The van der Waals surface area contributed by atoms with Crippen LogP contribution in [-0.4, -0.2) is 5.91 Å². The molecule has 0 unspecified atom stereocenters. The third kappa shape index (κ3) is 3.90. The number of halogens is 1. The normalized spacial score (nSPS) is 15.0. The number of carbonyl (C=O) groups excluding carboxylic acids is 1. The summed E-state index contributed by atoms with van der Waals surface area (Å²) in [7, 11) is 0. The van der Waals surface area contributed by atoms with Crippen LogP contribution < -0.4 is 16.4 Å². The number of benzene rings is 3. The van der Waals surface area contributed by atoms with Gasteiger partial charge in [0.15, 0.2) is 0 Å². The molecule has 0 aliphatic carbocycles. The van der Waals surface area contributed by atoms with E-state index in [0.717, 1.165) is 28.1 Å². The van der Waals surface area contributed by atoms with E-state index in [0.29, 0.717) is 16.3 Å². The van der Waals surface area contributed by atoms with Crippen LogP contribution in [0.4, 0.5) is 11.4 Å². The summed E-state index contributed by atoms with van der Waals surface area (Å²) in [5.74, 6) is -0.163. The number of amides is 1. The predicted octanol–water partition coefficient (Wildman–Crippen LogP) is 5.47. The van der Waals surface area contributed by atoms with E-state index in [-0.39, 0.29) is 5.91 Å². The number of hydrogen-bond acceptors (Lipinski definition) is 3. The van der Waals surface area contributed by atoms with Gasteiger partial charge in [0.25, 0.3) is 5.91 Å². The Morgan fingerprint density at radius 1 is 1.00 bits per heavy atom. The van der Waals surface area contributed by atoms with Crippen molar-refractivity contribution in [3.8, 4) is 0 Å². The molecule has 3 aromatic carbocycles. The van der Waals surface area contributed by atoms with Crippen molar-refractivity contribution < 1.29 is 4.79 Å². The minimum Gasteiger partial charge on any atom is -0.354 e. The first-order chi connectivity index (χ1) is 13.8. The number of rotatable bonds is 4. The first-order valence-electron chi connectivity index (χ1n) is 9.40. The molecule has 4 rings (SSSR count). The average Bonchev–Trinajstić information content (AvgIpc) is 3.01.